The number of aliphatic hydroxyl groups is 1. The standard InChI is InChI=1S/C15H27NO2/c17-13-5-3-12(4-6-13)16-14-2-1-7-15(14)8-10-18-11-9-15/h12-14,16-17H,1-11H2. The highest BCUT2D eigenvalue weighted by molar-refractivity contribution is 4.99. The maximum Gasteiger partial charge on any atom is 0.0541 e. The fourth-order valence-electron chi connectivity index (χ4n) is 4.30. The molecule has 18 heavy (non-hydrogen) atoms. The Hall–Kier alpha value is -0.120. The van der Waals surface area contributed by atoms with Crippen molar-refractivity contribution >= 4 is 0 Å². The summed E-state index contributed by atoms with van der Waals surface area (Å²) in [7, 11) is 0. The first-order valence-corrected chi connectivity index (χ1v) is 7.80. The van der Waals surface area contributed by atoms with Crippen molar-refractivity contribution in [2.45, 2.75) is 76.0 Å². The molecule has 3 heteroatoms. The van der Waals surface area contributed by atoms with E-state index in [9.17, 15) is 5.11 Å². The largest absolute Gasteiger partial charge is 0.393 e. The van der Waals surface area contributed by atoms with Crippen LogP contribution in [0.4, 0.5) is 0 Å². The van der Waals surface area contributed by atoms with Crippen LogP contribution in [0.2, 0.25) is 0 Å². The quantitative estimate of drug-likeness (QED) is 0.793. The van der Waals surface area contributed by atoms with Gasteiger partial charge in [-0.2, -0.15) is 0 Å². The molecule has 1 saturated heterocycles. The minimum atomic E-state index is -0.0383. The zero-order valence-electron chi connectivity index (χ0n) is 11.4. The lowest BCUT2D eigenvalue weighted by Crippen LogP contribution is -2.49. The van der Waals surface area contributed by atoms with E-state index in [1.165, 1.54) is 32.1 Å². The van der Waals surface area contributed by atoms with E-state index >= 15 is 0 Å². The molecule has 104 valence electrons. The summed E-state index contributed by atoms with van der Waals surface area (Å²) in [4.78, 5) is 0. The van der Waals surface area contributed by atoms with Crippen molar-refractivity contribution < 1.29 is 9.84 Å². The summed E-state index contributed by atoms with van der Waals surface area (Å²) >= 11 is 0. The molecule has 0 aromatic heterocycles. The first-order valence-electron chi connectivity index (χ1n) is 7.80. The average Bonchev–Trinajstić information content (AvgIpc) is 2.76. The lowest BCUT2D eigenvalue weighted by Gasteiger charge is -2.41. The molecule has 0 bridgehead atoms. The molecule has 1 unspecified atom stereocenters. The van der Waals surface area contributed by atoms with Crippen molar-refractivity contribution in [1.29, 1.82) is 0 Å². The van der Waals surface area contributed by atoms with Crippen LogP contribution in [-0.2, 0) is 4.74 Å². The molecular weight excluding hydrogens is 226 g/mol. The number of hydrogen-bond donors (Lipinski definition) is 2. The van der Waals surface area contributed by atoms with Crippen molar-refractivity contribution in [3.8, 4) is 0 Å². The van der Waals surface area contributed by atoms with Crippen LogP contribution in [0.25, 0.3) is 0 Å². The van der Waals surface area contributed by atoms with Gasteiger partial charge in [0.15, 0.2) is 0 Å². The molecule has 1 atom stereocenters. The predicted octanol–water partition coefficient (Wildman–Crippen LogP) is 2.23. The van der Waals surface area contributed by atoms with Crippen LogP contribution in [0.3, 0.4) is 0 Å². The Bertz CT molecular complexity index is 268. The summed E-state index contributed by atoms with van der Waals surface area (Å²) in [6, 6.07) is 1.36. The summed E-state index contributed by atoms with van der Waals surface area (Å²) in [6.45, 7) is 1.92. The van der Waals surface area contributed by atoms with Crippen molar-refractivity contribution in [3.05, 3.63) is 0 Å². The van der Waals surface area contributed by atoms with Gasteiger partial charge in [0.05, 0.1) is 6.10 Å². The van der Waals surface area contributed by atoms with Gasteiger partial charge < -0.3 is 15.2 Å². The third-order valence-corrected chi connectivity index (χ3v) is 5.53. The van der Waals surface area contributed by atoms with Crippen molar-refractivity contribution in [3.63, 3.8) is 0 Å². The highest BCUT2D eigenvalue weighted by Gasteiger charge is 2.44. The molecule has 1 spiro atoms. The van der Waals surface area contributed by atoms with Gasteiger partial charge in [-0.3, -0.25) is 0 Å². The van der Waals surface area contributed by atoms with E-state index in [0.29, 0.717) is 17.5 Å². The molecule has 1 aliphatic heterocycles. The number of ether oxygens (including phenoxy) is 1. The van der Waals surface area contributed by atoms with Gasteiger partial charge in [-0.1, -0.05) is 6.42 Å². The summed E-state index contributed by atoms with van der Waals surface area (Å²) in [6.07, 6.45) is 10.9. The molecule has 0 aromatic carbocycles. The summed E-state index contributed by atoms with van der Waals surface area (Å²) in [5.41, 5.74) is 0.536. The second-order valence-electron chi connectivity index (χ2n) is 6.59. The molecule has 3 nitrogen and oxygen atoms in total. The average molecular weight is 253 g/mol. The Kier molecular flexibility index (Phi) is 3.92. The van der Waals surface area contributed by atoms with E-state index in [-0.39, 0.29) is 6.10 Å². The fourth-order valence-corrected chi connectivity index (χ4v) is 4.30. The highest BCUT2D eigenvalue weighted by atomic mass is 16.5. The molecule has 2 saturated carbocycles. The Balaban J connectivity index is 1.57. The van der Waals surface area contributed by atoms with Gasteiger partial charge in [0.1, 0.15) is 0 Å². The summed E-state index contributed by atoms with van der Waals surface area (Å²) in [5, 5.41) is 13.5. The molecule has 0 aromatic rings. The van der Waals surface area contributed by atoms with E-state index in [4.69, 9.17) is 4.74 Å². The summed E-state index contributed by atoms with van der Waals surface area (Å²) < 4.78 is 5.55. The first kappa shape index (κ1) is 12.9. The Morgan fingerprint density at radius 3 is 2.39 bits per heavy atom. The van der Waals surface area contributed by atoms with Crippen LogP contribution < -0.4 is 5.32 Å². The van der Waals surface area contributed by atoms with Crippen molar-refractivity contribution in [1.82, 2.24) is 5.32 Å². The molecule has 0 amide bonds. The van der Waals surface area contributed by atoms with Gasteiger partial charge in [-0.15, -0.1) is 0 Å². The van der Waals surface area contributed by atoms with Crippen LogP contribution in [0.1, 0.15) is 57.8 Å². The van der Waals surface area contributed by atoms with Crippen LogP contribution in [0.15, 0.2) is 0 Å². The van der Waals surface area contributed by atoms with Gasteiger partial charge in [0.2, 0.25) is 0 Å². The van der Waals surface area contributed by atoms with Crippen LogP contribution in [0, 0.1) is 5.41 Å². The van der Waals surface area contributed by atoms with Crippen LogP contribution in [0.5, 0.6) is 0 Å². The number of hydrogen-bond acceptors (Lipinski definition) is 3. The molecular formula is C15H27NO2. The molecule has 2 N–H and O–H groups in total. The fraction of sp³-hybridized carbons (Fsp3) is 1.00. The lowest BCUT2D eigenvalue weighted by atomic mass is 9.75. The van der Waals surface area contributed by atoms with Crippen molar-refractivity contribution in [2.24, 2.45) is 5.41 Å². The van der Waals surface area contributed by atoms with E-state index in [1.807, 2.05) is 0 Å². The Morgan fingerprint density at radius 1 is 0.944 bits per heavy atom. The minimum absolute atomic E-state index is 0.0383. The van der Waals surface area contributed by atoms with Gasteiger partial charge in [0.25, 0.3) is 0 Å². The zero-order valence-corrected chi connectivity index (χ0v) is 11.4. The minimum Gasteiger partial charge on any atom is -0.393 e. The number of rotatable bonds is 2. The van der Waals surface area contributed by atoms with Gasteiger partial charge >= 0.3 is 0 Å². The molecule has 2 aliphatic carbocycles. The first-order chi connectivity index (χ1) is 8.78. The molecule has 3 aliphatic rings. The topological polar surface area (TPSA) is 41.5 Å². The zero-order chi connectivity index (χ0) is 12.4. The Labute approximate surface area is 110 Å². The smallest absolute Gasteiger partial charge is 0.0541 e. The second-order valence-corrected chi connectivity index (χ2v) is 6.59. The maximum absolute atomic E-state index is 9.59. The van der Waals surface area contributed by atoms with Gasteiger partial charge in [-0.05, 0) is 56.8 Å². The molecule has 3 fully saturated rings. The van der Waals surface area contributed by atoms with Crippen molar-refractivity contribution in [2.75, 3.05) is 13.2 Å². The maximum atomic E-state index is 9.59. The highest BCUT2D eigenvalue weighted by Crippen LogP contribution is 2.46. The van der Waals surface area contributed by atoms with Crippen LogP contribution in [-0.4, -0.2) is 36.5 Å². The van der Waals surface area contributed by atoms with Gasteiger partial charge in [-0.25, -0.2) is 0 Å². The lowest BCUT2D eigenvalue weighted by molar-refractivity contribution is 0.000343. The van der Waals surface area contributed by atoms with E-state index in [2.05, 4.69) is 5.32 Å². The van der Waals surface area contributed by atoms with E-state index < -0.39 is 0 Å². The summed E-state index contributed by atoms with van der Waals surface area (Å²) in [5.74, 6) is 0. The molecule has 1 heterocycles. The second kappa shape index (κ2) is 5.48. The third-order valence-electron chi connectivity index (χ3n) is 5.53. The SMILES string of the molecule is OC1CCC(NC2CCCC23CCOCC3)CC1. The monoisotopic (exact) mass is 253 g/mol. The van der Waals surface area contributed by atoms with E-state index in [0.717, 1.165) is 38.9 Å². The normalized spacial score (nSPS) is 40.2. The third kappa shape index (κ3) is 2.59. The predicted molar refractivity (Wildman–Crippen MR) is 71.5 cm³/mol. The number of nitrogens with one attached hydrogen (secondary N) is 1. The van der Waals surface area contributed by atoms with E-state index in [1.54, 1.807) is 0 Å². The number of aliphatic hydroxyl groups excluding tert-OH is 1. The van der Waals surface area contributed by atoms with Crippen LogP contribution >= 0.6 is 0 Å². The Morgan fingerprint density at radius 2 is 1.67 bits per heavy atom. The molecule has 0 radical (unpaired) electrons. The molecule has 3 rings (SSSR count). The van der Waals surface area contributed by atoms with Gasteiger partial charge in [0, 0.05) is 25.3 Å².